The monoisotopic (exact) mass is 430 g/mol. The minimum atomic E-state index is -0.318. The third-order valence-corrected chi connectivity index (χ3v) is 11.5. The zero-order valence-corrected chi connectivity index (χ0v) is 20.6. The van der Waals surface area contributed by atoms with Gasteiger partial charge in [-0.05, 0) is 104 Å². The fourth-order valence-electron chi connectivity index (χ4n) is 9.14. The highest BCUT2D eigenvalue weighted by Gasteiger charge is 2.61. The molecule has 0 aromatic heterocycles. The van der Waals surface area contributed by atoms with E-state index in [0.717, 1.165) is 37.7 Å². The van der Waals surface area contributed by atoms with E-state index in [-0.39, 0.29) is 23.2 Å². The number of hydrogen-bond acceptors (Lipinski definition) is 3. The van der Waals surface area contributed by atoms with Crippen molar-refractivity contribution in [3.8, 4) is 0 Å². The Balaban J connectivity index is 1.34. The summed E-state index contributed by atoms with van der Waals surface area (Å²) < 4.78 is 5.90. The summed E-state index contributed by atoms with van der Waals surface area (Å²) in [4.78, 5) is 0. The molecule has 1 saturated heterocycles. The van der Waals surface area contributed by atoms with E-state index in [4.69, 9.17) is 4.74 Å². The molecule has 3 heteroatoms. The molecule has 3 nitrogen and oxygen atoms in total. The molecule has 31 heavy (non-hydrogen) atoms. The molecule has 3 saturated carbocycles. The molecular formula is C28H46O3. The zero-order valence-electron chi connectivity index (χ0n) is 20.6. The summed E-state index contributed by atoms with van der Waals surface area (Å²) in [6.07, 6.45) is 12.1. The highest BCUT2D eigenvalue weighted by Crippen LogP contribution is 2.67. The van der Waals surface area contributed by atoms with Crippen LogP contribution in [0.2, 0.25) is 0 Å². The number of aliphatic hydroxyl groups is 2. The van der Waals surface area contributed by atoms with Crippen molar-refractivity contribution in [3.63, 3.8) is 0 Å². The normalized spacial score (nSPS) is 52.2. The number of epoxide rings is 1. The highest BCUT2D eigenvalue weighted by atomic mass is 16.6. The molecule has 1 heterocycles. The van der Waals surface area contributed by atoms with Gasteiger partial charge in [-0.3, -0.25) is 0 Å². The first-order valence-electron chi connectivity index (χ1n) is 13.3. The number of ether oxygens (including phenoxy) is 1. The molecule has 1 aliphatic heterocycles. The first-order chi connectivity index (χ1) is 14.6. The number of hydrogen-bond donors (Lipinski definition) is 2. The van der Waals surface area contributed by atoms with Crippen LogP contribution in [0.3, 0.4) is 0 Å². The van der Waals surface area contributed by atoms with Crippen LogP contribution in [0.15, 0.2) is 11.6 Å². The third kappa shape index (κ3) is 3.39. The molecule has 0 spiro atoms. The van der Waals surface area contributed by atoms with Crippen molar-refractivity contribution in [2.24, 2.45) is 46.3 Å². The summed E-state index contributed by atoms with van der Waals surface area (Å²) in [5, 5.41) is 21.6. The maximum Gasteiger partial charge on any atom is 0.0939 e. The second-order valence-electron chi connectivity index (χ2n) is 13.0. The van der Waals surface area contributed by atoms with Crippen LogP contribution in [0, 0.1) is 46.3 Å². The first kappa shape index (κ1) is 22.4. The Hall–Kier alpha value is -0.380. The molecule has 0 unspecified atom stereocenters. The fraction of sp³-hybridized carbons (Fsp3) is 0.929. The maximum atomic E-state index is 11.3. The van der Waals surface area contributed by atoms with Crippen LogP contribution in [0.5, 0.6) is 0 Å². The largest absolute Gasteiger partial charge is 0.393 e. The van der Waals surface area contributed by atoms with E-state index >= 15 is 0 Å². The van der Waals surface area contributed by atoms with Gasteiger partial charge in [-0.1, -0.05) is 46.3 Å². The van der Waals surface area contributed by atoms with Gasteiger partial charge in [-0.15, -0.1) is 0 Å². The molecule has 5 aliphatic rings. The molecular weight excluding hydrogens is 384 g/mol. The van der Waals surface area contributed by atoms with Gasteiger partial charge < -0.3 is 14.9 Å². The molecule has 2 N–H and O–H groups in total. The van der Waals surface area contributed by atoms with Gasteiger partial charge in [-0.25, -0.2) is 0 Å². The Labute approximate surface area is 190 Å². The summed E-state index contributed by atoms with van der Waals surface area (Å²) >= 11 is 0. The Morgan fingerprint density at radius 2 is 1.77 bits per heavy atom. The topological polar surface area (TPSA) is 53.0 Å². The van der Waals surface area contributed by atoms with Gasteiger partial charge in [0.15, 0.2) is 0 Å². The Bertz CT molecular complexity index is 724. The lowest BCUT2D eigenvalue weighted by Gasteiger charge is -2.59. The SMILES string of the molecule is CC(C)[C@@]1(CC[C@@H](C)[C@H]2CC[C@H]3[C@@H]4[C@H](O)C=C5C[C@@H](O)CC[C@]5(C)[C@H]4CC[C@]23C)CO1. The smallest absolute Gasteiger partial charge is 0.0939 e. The van der Waals surface area contributed by atoms with Gasteiger partial charge in [-0.2, -0.15) is 0 Å². The predicted octanol–water partition coefficient (Wildman–Crippen LogP) is 5.74. The molecule has 0 bridgehead atoms. The number of aliphatic hydroxyl groups excluding tert-OH is 2. The van der Waals surface area contributed by atoms with E-state index in [9.17, 15) is 10.2 Å². The van der Waals surface area contributed by atoms with Crippen LogP contribution in [0.1, 0.15) is 92.4 Å². The molecule has 0 amide bonds. The van der Waals surface area contributed by atoms with Crippen LogP contribution in [-0.4, -0.2) is 34.6 Å². The lowest BCUT2D eigenvalue weighted by Crippen LogP contribution is -2.55. The van der Waals surface area contributed by atoms with Crippen LogP contribution < -0.4 is 0 Å². The Morgan fingerprint density at radius 1 is 1.03 bits per heavy atom. The minimum absolute atomic E-state index is 0.172. The summed E-state index contributed by atoms with van der Waals surface area (Å²) in [5.41, 5.74) is 2.09. The number of fused-ring (bicyclic) bond motifs is 5. The van der Waals surface area contributed by atoms with Gasteiger partial charge in [0.05, 0.1) is 24.4 Å². The van der Waals surface area contributed by atoms with Crippen LogP contribution >= 0.6 is 0 Å². The number of rotatable bonds is 5. The molecule has 10 atom stereocenters. The quantitative estimate of drug-likeness (QED) is 0.432. The molecule has 0 aromatic rings. The van der Waals surface area contributed by atoms with Gasteiger partial charge in [0.1, 0.15) is 0 Å². The molecule has 176 valence electrons. The van der Waals surface area contributed by atoms with Gasteiger partial charge in [0.25, 0.3) is 0 Å². The molecule has 4 fully saturated rings. The van der Waals surface area contributed by atoms with E-state index in [2.05, 4.69) is 40.7 Å². The van der Waals surface area contributed by atoms with Crippen molar-refractivity contribution >= 4 is 0 Å². The average Bonchev–Trinajstić information content (AvgIpc) is 3.43. The lowest BCUT2D eigenvalue weighted by atomic mass is 9.46. The standard InChI is InChI=1S/C28H46O3/c1-17(2)28(16-31-28)13-8-18(3)21-6-7-22-25-23(10-12-27(21,22)5)26(4)11-9-20(29)14-19(26)15-24(25)30/h15,17-18,20-25,29-30H,6-14,16H2,1-5H3/t18-,20+,21-,22+,23+,24-,25+,26+,27-,28-/m1/s1. The van der Waals surface area contributed by atoms with Gasteiger partial charge in [0, 0.05) is 0 Å². The summed E-state index contributed by atoms with van der Waals surface area (Å²) in [5.74, 6) is 3.78. The van der Waals surface area contributed by atoms with Gasteiger partial charge >= 0.3 is 0 Å². The molecule has 5 rings (SSSR count). The van der Waals surface area contributed by atoms with Crippen LogP contribution in [0.25, 0.3) is 0 Å². The highest BCUT2D eigenvalue weighted by molar-refractivity contribution is 5.28. The van der Waals surface area contributed by atoms with E-state index in [1.165, 1.54) is 44.1 Å². The second kappa shape index (κ2) is 7.57. The minimum Gasteiger partial charge on any atom is -0.393 e. The third-order valence-electron chi connectivity index (χ3n) is 11.5. The summed E-state index contributed by atoms with van der Waals surface area (Å²) in [7, 11) is 0. The molecule has 4 aliphatic carbocycles. The van der Waals surface area contributed by atoms with Gasteiger partial charge in [0.2, 0.25) is 0 Å². The van der Waals surface area contributed by atoms with Crippen LogP contribution in [-0.2, 0) is 4.74 Å². The Kier molecular flexibility index (Phi) is 5.47. The fourth-order valence-corrected chi connectivity index (χ4v) is 9.14. The van der Waals surface area contributed by atoms with Crippen molar-refractivity contribution in [2.45, 2.75) is 110 Å². The first-order valence-corrected chi connectivity index (χ1v) is 13.3. The lowest BCUT2D eigenvalue weighted by molar-refractivity contribution is -0.0972. The van der Waals surface area contributed by atoms with Crippen molar-refractivity contribution in [2.75, 3.05) is 6.61 Å². The predicted molar refractivity (Wildman–Crippen MR) is 125 cm³/mol. The van der Waals surface area contributed by atoms with Crippen LogP contribution in [0.4, 0.5) is 0 Å². The van der Waals surface area contributed by atoms with Crippen molar-refractivity contribution in [3.05, 3.63) is 11.6 Å². The van der Waals surface area contributed by atoms with Crippen molar-refractivity contribution < 1.29 is 14.9 Å². The Morgan fingerprint density at radius 3 is 2.45 bits per heavy atom. The van der Waals surface area contributed by atoms with Crippen molar-refractivity contribution in [1.82, 2.24) is 0 Å². The maximum absolute atomic E-state index is 11.3. The van der Waals surface area contributed by atoms with E-state index in [0.29, 0.717) is 29.1 Å². The molecule has 0 aromatic carbocycles. The van der Waals surface area contributed by atoms with E-state index in [1.54, 1.807) is 0 Å². The molecule has 0 radical (unpaired) electrons. The summed E-state index contributed by atoms with van der Waals surface area (Å²) in [6.45, 7) is 13.1. The van der Waals surface area contributed by atoms with Crippen molar-refractivity contribution in [1.29, 1.82) is 0 Å². The zero-order chi connectivity index (χ0) is 22.2. The second-order valence-corrected chi connectivity index (χ2v) is 13.0. The average molecular weight is 431 g/mol. The van der Waals surface area contributed by atoms with E-state index < -0.39 is 0 Å². The summed E-state index contributed by atoms with van der Waals surface area (Å²) in [6, 6.07) is 0. The van der Waals surface area contributed by atoms with E-state index in [1.807, 2.05) is 0 Å².